The summed E-state index contributed by atoms with van der Waals surface area (Å²) >= 11 is 0. The number of esters is 1. The Balaban J connectivity index is 1.24. The summed E-state index contributed by atoms with van der Waals surface area (Å²) in [6.07, 6.45) is -0.850. The van der Waals surface area contributed by atoms with E-state index in [1.54, 1.807) is 24.3 Å². The SMILES string of the molecule is O=C(O)[C@@H](Cc1ccccc1)OC(=O)[C@@H]1CCCN1C(=O)OCC1c2ccccc2-c2ccccc21. The Kier molecular flexibility index (Phi) is 6.71. The van der Waals surface area contributed by atoms with E-state index in [1.807, 2.05) is 42.5 Å². The molecule has 7 heteroatoms. The van der Waals surface area contributed by atoms with Gasteiger partial charge in [0.15, 0.2) is 0 Å². The molecule has 7 nitrogen and oxygen atoms in total. The van der Waals surface area contributed by atoms with Crippen molar-refractivity contribution >= 4 is 18.0 Å². The monoisotopic (exact) mass is 485 g/mol. The smallest absolute Gasteiger partial charge is 0.410 e. The predicted molar refractivity (Wildman–Crippen MR) is 132 cm³/mol. The van der Waals surface area contributed by atoms with Crippen molar-refractivity contribution in [2.24, 2.45) is 0 Å². The third kappa shape index (κ3) is 4.69. The van der Waals surface area contributed by atoms with Crippen LogP contribution in [0.15, 0.2) is 78.9 Å². The Morgan fingerprint density at radius 3 is 2.14 bits per heavy atom. The molecule has 1 N–H and O–H groups in total. The third-order valence-electron chi connectivity index (χ3n) is 6.89. The molecule has 0 saturated carbocycles. The van der Waals surface area contributed by atoms with Crippen LogP contribution in [-0.4, -0.2) is 53.3 Å². The average molecular weight is 486 g/mol. The summed E-state index contributed by atoms with van der Waals surface area (Å²) in [5.74, 6) is -2.03. The first-order valence-electron chi connectivity index (χ1n) is 12.1. The van der Waals surface area contributed by atoms with E-state index in [2.05, 4.69) is 12.1 Å². The quantitative estimate of drug-likeness (QED) is 0.490. The van der Waals surface area contributed by atoms with E-state index < -0.39 is 30.2 Å². The Morgan fingerprint density at radius 1 is 0.889 bits per heavy atom. The van der Waals surface area contributed by atoms with Crippen LogP contribution in [0.4, 0.5) is 4.79 Å². The molecule has 2 atom stereocenters. The number of aliphatic carboxylic acids is 1. The lowest BCUT2D eigenvalue weighted by Gasteiger charge is -2.25. The van der Waals surface area contributed by atoms with Gasteiger partial charge >= 0.3 is 18.0 Å². The van der Waals surface area contributed by atoms with Crippen LogP contribution in [0, 0.1) is 0 Å². The van der Waals surface area contributed by atoms with Crippen LogP contribution in [-0.2, 0) is 25.5 Å². The zero-order chi connectivity index (χ0) is 25.1. The Labute approximate surface area is 209 Å². The van der Waals surface area contributed by atoms with Crippen molar-refractivity contribution in [1.29, 1.82) is 0 Å². The van der Waals surface area contributed by atoms with Crippen LogP contribution in [0.3, 0.4) is 0 Å². The molecule has 2 aliphatic rings. The number of rotatable bonds is 7. The molecule has 5 rings (SSSR count). The molecule has 1 aliphatic carbocycles. The maximum Gasteiger partial charge on any atom is 0.410 e. The van der Waals surface area contributed by atoms with E-state index in [-0.39, 0.29) is 18.9 Å². The second-order valence-electron chi connectivity index (χ2n) is 9.11. The van der Waals surface area contributed by atoms with Crippen LogP contribution >= 0.6 is 0 Å². The lowest BCUT2D eigenvalue weighted by Crippen LogP contribution is -2.44. The average Bonchev–Trinajstić information content (AvgIpc) is 3.51. The molecule has 36 heavy (non-hydrogen) atoms. The number of nitrogens with zero attached hydrogens (tertiary/aromatic N) is 1. The number of ether oxygens (including phenoxy) is 2. The first-order chi connectivity index (χ1) is 17.5. The number of amides is 1. The number of likely N-dealkylation sites (tertiary alicyclic amines) is 1. The standard InChI is InChI=1S/C29H27NO6/c31-27(32)26(17-19-9-2-1-3-10-19)36-28(33)25-15-8-16-30(25)29(34)35-18-24-22-13-6-4-11-20(22)21-12-5-7-14-23(21)24/h1-7,9-14,24-26H,8,15-18H2,(H,31,32)/t25-,26+/m0/s1. The van der Waals surface area contributed by atoms with Crippen LogP contribution in [0.2, 0.25) is 0 Å². The number of carbonyl (C=O) groups is 3. The number of carboxylic acid groups (broad SMARTS) is 1. The van der Waals surface area contributed by atoms with Gasteiger partial charge in [0.2, 0.25) is 6.10 Å². The highest BCUT2D eigenvalue weighted by Gasteiger charge is 2.39. The minimum atomic E-state index is -1.33. The maximum absolute atomic E-state index is 13.0. The van der Waals surface area contributed by atoms with Crippen molar-refractivity contribution in [2.45, 2.75) is 37.3 Å². The van der Waals surface area contributed by atoms with Gasteiger partial charge < -0.3 is 14.6 Å². The van der Waals surface area contributed by atoms with Gasteiger partial charge in [-0.1, -0.05) is 78.9 Å². The molecule has 1 heterocycles. The van der Waals surface area contributed by atoms with E-state index in [0.717, 1.165) is 27.8 Å². The third-order valence-corrected chi connectivity index (χ3v) is 6.89. The van der Waals surface area contributed by atoms with Crippen LogP contribution in [0.5, 0.6) is 0 Å². The zero-order valence-electron chi connectivity index (χ0n) is 19.7. The minimum Gasteiger partial charge on any atom is -0.478 e. The highest BCUT2D eigenvalue weighted by Crippen LogP contribution is 2.44. The molecule has 0 unspecified atom stereocenters. The Morgan fingerprint density at radius 2 is 1.50 bits per heavy atom. The molecule has 1 saturated heterocycles. The van der Waals surface area contributed by atoms with Gasteiger partial charge in [0.1, 0.15) is 12.6 Å². The van der Waals surface area contributed by atoms with Crippen LogP contribution < -0.4 is 0 Å². The maximum atomic E-state index is 13.0. The summed E-state index contributed by atoms with van der Waals surface area (Å²) in [5.41, 5.74) is 5.23. The van der Waals surface area contributed by atoms with Crippen molar-refractivity contribution in [3.63, 3.8) is 0 Å². The molecular formula is C29H27NO6. The van der Waals surface area contributed by atoms with Gasteiger partial charge in [0.05, 0.1) is 0 Å². The molecule has 0 spiro atoms. The van der Waals surface area contributed by atoms with E-state index in [0.29, 0.717) is 19.4 Å². The highest BCUT2D eigenvalue weighted by molar-refractivity contribution is 5.85. The van der Waals surface area contributed by atoms with Gasteiger partial charge in [-0.3, -0.25) is 4.90 Å². The Hall–Kier alpha value is -4.13. The fourth-order valence-corrected chi connectivity index (χ4v) is 5.13. The van der Waals surface area contributed by atoms with E-state index in [9.17, 15) is 19.5 Å². The van der Waals surface area contributed by atoms with Crippen molar-refractivity contribution in [2.75, 3.05) is 13.2 Å². The minimum absolute atomic E-state index is 0.0551. The van der Waals surface area contributed by atoms with Gasteiger partial charge in [-0.15, -0.1) is 0 Å². The summed E-state index contributed by atoms with van der Waals surface area (Å²) < 4.78 is 11.1. The number of carbonyl (C=O) groups excluding carboxylic acids is 2. The van der Waals surface area contributed by atoms with E-state index in [1.165, 1.54) is 4.90 Å². The number of hydrogen-bond donors (Lipinski definition) is 1. The zero-order valence-corrected chi connectivity index (χ0v) is 19.7. The number of fused-ring (bicyclic) bond motifs is 3. The van der Waals surface area contributed by atoms with Crippen molar-refractivity contribution in [3.05, 3.63) is 95.6 Å². The van der Waals surface area contributed by atoms with Crippen LogP contribution in [0.1, 0.15) is 35.4 Å². The van der Waals surface area contributed by atoms with E-state index >= 15 is 0 Å². The molecule has 1 fully saturated rings. The normalized spacial score (nSPS) is 17.2. The predicted octanol–water partition coefficient (Wildman–Crippen LogP) is 4.64. The first-order valence-corrected chi connectivity index (χ1v) is 12.1. The molecule has 0 bridgehead atoms. The lowest BCUT2D eigenvalue weighted by molar-refractivity contribution is -0.166. The highest BCUT2D eigenvalue weighted by atomic mass is 16.6. The van der Waals surface area contributed by atoms with Crippen molar-refractivity contribution in [1.82, 2.24) is 4.90 Å². The molecule has 0 radical (unpaired) electrons. The van der Waals surface area contributed by atoms with Crippen LogP contribution in [0.25, 0.3) is 11.1 Å². The second kappa shape index (κ2) is 10.2. The number of benzene rings is 3. The molecule has 3 aromatic rings. The number of carboxylic acids is 1. The summed E-state index contributed by atoms with van der Waals surface area (Å²) in [6.45, 7) is 0.504. The summed E-state index contributed by atoms with van der Waals surface area (Å²) in [6, 6.07) is 24.3. The molecule has 1 amide bonds. The molecule has 1 aliphatic heterocycles. The molecule has 3 aromatic carbocycles. The van der Waals surface area contributed by atoms with E-state index in [4.69, 9.17) is 9.47 Å². The topological polar surface area (TPSA) is 93.1 Å². The largest absolute Gasteiger partial charge is 0.478 e. The summed E-state index contributed by atoms with van der Waals surface area (Å²) in [7, 11) is 0. The molecule has 0 aromatic heterocycles. The number of hydrogen-bond acceptors (Lipinski definition) is 5. The first kappa shape index (κ1) is 23.6. The summed E-state index contributed by atoms with van der Waals surface area (Å²) in [4.78, 5) is 39.0. The summed E-state index contributed by atoms with van der Waals surface area (Å²) in [5, 5.41) is 9.58. The van der Waals surface area contributed by atoms with Gasteiger partial charge in [0.25, 0.3) is 0 Å². The molecule has 184 valence electrons. The van der Waals surface area contributed by atoms with Gasteiger partial charge in [-0.2, -0.15) is 0 Å². The van der Waals surface area contributed by atoms with Crippen molar-refractivity contribution < 1.29 is 29.0 Å². The van der Waals surface area contributed by atoms with Crippen molar-refractivity contribution in [3.8, 4) is 11.1 Å². The fourth-order valence-electron chi connectivity index (χ4n) is 5.13. The van der Waals surface area contributed by atoms with Gasteiger partial charge in [-0.05, 0) is 40.7 Å². The lowest BCUT2D eigenvalue weighted by atomic mass is 9.98. The Bertz CT molecular complexity index is 1230. The fraction of sp³-hybridized carbons (Fsp3) is 0.276. The molecular weight excluding hydrogens is 458 g/mol. The second-order valence-corrected chi connectivity index (χ2v) is 9.11. The van der Waals surface area contributed by atoms with Gasteiger partial charge in [-0.25, -0.2) is 14.4 Å². The van der Waals surface area contributed by atoms with Gasteiger partial charge in [0, 0.05) is 18.9 Å².